The summed E-state index contributed by atoms with van der Waals surface area (Å²) in [5.41, 5.74) is 20.5. The Kier molecular flexibility index (Phi) is 8.80. The Bertz CT molecular complexity index is 4140. The second kappa shape index (κ2) is 15.7. The summed E-state index contributed by atoms with van der Waals surface area (Å²) in [6.45, 7) is 0. The molecule has 0 N–H and O–H groups in total. The summed E-state index contributed by atoms with van der Waals surface area (Å²) in [6.07, 6.45) is 0. The fourth-order valence-corrected chi connectivity index (χ4v) is 11.6. The van der Waals surface area contributed by atoms with Gasteiger partial charge in [-0.15, -0.1) is 0 Å². The van der Waals surface area contributed by atoms with Crippen LogP contribution in [0.4, 0.5) is 0 Å². The maximum Gasteiger partial charge on any atom is 0.227 e. The van der Waals surface area contributed by atoms with Gasteiger partial charge in [-0.3, -0.25) is 0 Å². The fourth-order valence-electron chi connectivity index (χ4n) is 11.6. The lowest BCUT2D eigenvalue weighted by molar-refractivity contribution is 0.436. The molecule has 5 heteroatoms. The van der Waals surface area contributed by atoms with Gasteiger partial charge in [-0.1, -0.05) is 158 Å². The molecule has 2 aromatic heterocycles. The Hall–Kier alpha value is -9.58. The van der Waals surface area contributed by atoms with Gasteiger partial charge in [-0.05, 0) is 162 Å². The zero-order chi connectivity index (χ0) is 47.3. The van der Waals surface area contributed by atoms with Crippen molar-refractivity contribution in [1.29, 1.82) is 0 Å². The number of hydrogen-bond acceptors (Lipinski definition) is 5. The van der Waals surface area contributed by atoms with E-state index in [1.54, 1.807) is 0 Å². The van der Waals surface area contributed by atoms with E-state index in [0.717, 1.165) is 100 Å². The molecule has 11 aromatic carbocycles. The van der Waals surface area contributed by atoms with Gasteiger partial charge in [0.2, 0.25) is 11.8 Å². The molecule has 1 aliphatic carbocycles. The molecule has 0 amide bonds. The quantitative estimate of drug-likeness (QED) is 0.166. The maximum absolute atomic E-state index is 6.65. The normalized spacial score (nSPS) is 12.9. The predicted molar refractivity (Wildman–Crippen MR) is 289 cm³/mol. The molecule has 0 atom stereocenters. The Labute approximate surface area is 414 Å². The lowest BCUT2D eigenvalue weighted by Crippen LogP contribution is -2.32. The van der Waals surface area contributed by atoms with Gasteiger partial charge in [0.05, 0.1) is 5.41 Å². The van der Waals surface area contributed by atoms with E-state index in [4.69, 9.17) is 23.5 Å². The first-order valence-corrected chi connectivity index (χ1v) is 24.4. The second-order valence-corrected chi connectivity index (χ2v) is 18.8. The average Bonchev–Trinajstić information content (AvgIpc) is 4.16. The van der Waals surface area contributed by atoms with Crippen molar-refractivity contribution in [3.05, 3.63) is 265 Å². The first-order chi connectivity index (χ1) is 35.6. The van der Waals surface area contributed by atoms with Crippen LogP contribution in [0.25, 0.3) is 112 Å². The van der Waals surface area contributed by atoms with Crippen LogP contribution in [0, 0.1) is 0 Å². The smallest absolute Gasteiger partial charge is 0.227 e. The maximum atomic E-state index is 6.65. The number of ether oxygens (including phenoxy) is 1. The lowest BCUT2D eigenvalue weighted by atomic mass is 9.66. The van der Waals surface area contributed by atoms with E-state index in [1.165, 1.54) is 33.2 Å². The van der Waals surface area contributed by atoms with Crippen LogP contribution < -0.4 is 4.74 Å². The number of benzene rings is 11. The minimum Gasteiger partial charge on any atom is -0.457 e. The third-order valence-corrected chi connectivity index (χ3v) is 14.8. The zero-order valence-corrected chi connectivity index (χ0v) is 38.7. The number of rotatable bonds is 6. The average molecular weight is 921 g/mol. The van der Waals surface area contributed by atoms with Crippen LogP contribution in [-0.2, 0) is 5.41 Å². The van der Waals surface area contributed by atoms with Crippen molar-refractivity contribution in [2.45, 2.75) is 5.41 Å². The minimum atomic E-state index is -0.560. The Morgan fingerprint density at radius 3 is 1.31 bits per heavy atom. The van der Waals surface area contributed by atoms with Crippen LogP contribution in [0.15, 0.2) is 251 Å². The Morgan fingerprint density at radius 2 is 0.722 bits per heavy atom. The molecule has 1 spiro atoms. The summed E-state index contributed by atoms with van der Waals surface area (Å²) in [7, 11) is 0. The number of hydrogen-bond donors (Lipinski definition) is 0. The highest BCUT2D eigenvalue weighted by Gasteiger charge is 2.51. The largest absolute Gasteiger partial charge is 0.457 e. The van der Waals surface area contributed by atoms with Gasteiger partial charge >= 0.3 is 0 Å². The lowest BCUT2D eigenvalue weighted by Gasteiger charge is -2.39. The Balaban J connectivity index is 0.901. The molecule has 0 bridgehead atoms. The van der Waals surface area contributed by atoms with Crippen molar-refractivity contribution >= 4 is 33.0 Å². The molecule has 1 aliphatic heterocycles. The van der Waals surface area contributed by atoms with Crippen molar-refractivity contribution < 1.29 is 13.6 Å². The monoisotopic (exact) mass is 920 g/mol. The predicted octanol–water partition coefficient (Wildman–Crippen LogP) is 17.6. The molecule has 0 saturated heterocycles. The first-order valence-electron chi connectivity index (χ1n) is 24.4. The molecular weight excluding hydrogens is 881 g/mol. The van der Waals surface area contributed by atoms with E-state index >= 15 is 0 Å². The van der Waals surface area contributed by atoms with Gasteiger partial charge in [0.15, 0.2) is 11.2 Å². The molecule has 3 heterocycles. The van der Waals surface area contributed by atoms with Gasteiger partial charge in [0.1, 0.15) is 22.5 Å². The van der Waals surface area contributed by atoms with E-state index in [0.29, 0.717) is 11.8 Å². The van der Waals surface area contributed by atoms with Crippen molar-refractivity contribution in [2.24, 2.45) is 0 Å². The van der Waals surface area contributed by atoms with Crippen molar-refractivity contribution in [2.75, 3.05) is 0 Å². The highest BCUT2D eigenvalue weighted by molar-refractivity contribution is 6.06. The molecule has 0 saturated carbocycles. The summed E-state index contributed by atoms with van der Waals surface area (Å²) >= 11 is 0. The Morgan fingerprint density at radius 1 is 0.278 bits per heavy atom. The highest BCUT2D eigenvalue weighted by atomic mass is 16.5. The number of nitrogens with zero attached hydrogens (tertiary/aromatic N) is 2. The molecule has 13 aromatic rings. The van der Waals surface area contributed by atoms with Crippen LogP contribution in [0.2, 0.25) is 0 Å². The number of aromatic nitrogens is 2. The van der Waals surface area contributed by atoms with Gasteiger partial charge in [0.25, 0.3) is 0 Å². The highest BCUT2D eigenvalue weighted by Crippen LogP contribution is 2.62. The topological polar surface area (TPSA) is 61.3 Å². The van der Waals surface area contributed by atoms with Crippen LogP contribution in [-0.4, -0.2) is 9.97 Å². The van der Waals surface area contributed by atoms with Crippen LogP contribution >= 0.6 is 0 Å². The van der Waals surface area contributed by atoms with Gasteiger partial charge in [-0.25, -0.2) is 9.97 Å². The van der Waals surface area contributed by atoms with E-state index in [-0.39, 0.29) is 0 Å². The first kappa shape index (κ1) is 40.3. The van der Waals surface area contributed by atoms with Crippen molar-refractivity contribution in [3.8, 4) is 90.0 Å². The van der Waals surface area contributed by atoms with E-state index in [2.05, 4.69) is 182 Å². The number of fused-ring (bicyclic) bond motifs is 12. The minimum absolute atomic E-state index is 0.560. The molecule has 5 nitrogen and oxygen atoms in total. The second-order valence-electron chi connectivity index (χ2n) is 18.8. The van der Waals surface area contributed by atoms with Gasteiger partial charge in [0, 0.05) is 22.3 Å². The summed E-state index contributed by atoms with van der Waals surface area (Å²) in [6, 6.07) is 86.1. The van der Waals surface area contributed by atoms with Gasteiger partial charge in [-0.2, -0.15) is 0 Å². The van der Waals surface area contributed by atoms with E-state index in [1.807, 2.05) is 60.7 Å². The van der Waals surface area contributed by atoms with E-state index < -0.39 is 5.41 Å². The SMILES string of the molecule is c1ccc(-c2nc3ccc(-c4cc(-c5ccc6nc(-c7ccccc7)oc6c5)cc(-c5ccc(-c6ccc7c(c6)C6(c8ccccc8Oc8ccccc86)c6ccccc6-7)c6ccccc56)c4)cc3o2)cc1. The molecule has 0 unspecified atom stereocenters. The van der Waals surface area contributed by atoms with Crippen molar-refractivity contribution in [3.63, 3.8) is 0 Å². The van der Waals surface area contributed by atoms with Crippen LogP contribution in [0.1, 0.15) is 22.3 Å². The summed E-state index contributed by atoms with van der Waals surface area (Å²) in [5, 5.41) is 2.34. The summed E-state index contributed by atoms with van der Waals surface area (Å²) < 4.78 is 19.5. The van der Waals surface area contributed by atoms with Gasteiger partial charge < -0.3 is 13.6 Å². The summed E-state index contributed by atoms with van der Waals surface area (Å²) in [4.78, 5) is 9.71. The summed E-state index contributed by atoms with van der Waals surface area (Å²) in [5.74, 6) is 2.97. The fraction of sp³-hybridized carbons (Fsp3) is 0.0149. The van der Waals surface area contributed by atoms with E-state index in [9.17, 15) is 0 Å². The molecule has 15 rings (SSSR count). The number of oxazole rings is 2. The molecule has 0 fully saturated rings. The molecule has 72 heavy (non-hydrogen) atoms. The zero-order valence-electron chi connectivity index (χ0n) is 38.7. The molecule has 336 valence electrons. The molecule has 0 radical (unpaired) electrons. The number of para-hydroxylation sites is 2. The third-order valence-electron chi connectivity index (χ3n) is 14.8. The molecule has 2 aliphatic rings. The van der Waals surface area contributed by atoms with Crippen molar-refractivity contribution in [1.82, 2.24) is 9.97 Å². The van der Waals surface area contributed by atoms with Crippen LogP contribution in [0.3, 0.4) is 0 Å². The van der Waals surface area contributed by atoms with Crippen LogP contribution in [0.5, 0.6) is 11.5 Å². The standard InChI is InChI=1S/C67H40N2O3/c1-3-15-41(16-4-1)65-68-59-33-28-43(39-63(59)71-65)46-35-47(44-29-34-60-64(40-44)72-66(69-60)42-17-5-2-6-18-42)37-48(36-46)50-32-31-49(51-19-7-8-20-52(50)51)45-27-30-54-53-21-9-10-22-55(53)67(58(54)38-45)56-23-11-13-25-61(56)70-62-26-14-12-24-57(62)67/h1-40H. The third kappa shape index (κ3) is 6.14. The molecular formula is C67H40N2O3.